The molecule has 1 unspecified atom stereocenters. The topological polar surface area (TPSA) is 18.5 Å². The summed E-state index contributed by atoms with van der Waals surface area (Å²) >= 11 is 0. The Labute approximate surface area is 141 Å². The van der Waals surface area contributed by atoms with Crippen molar-refractivity contribution in [2.24, 2.45) is 11.8 Å². The molecule has 1 spiro atoms. The summed E-state index contributed by atoms with van der Waals surface area (Å²) in [5.74, 6) is 0.103. The molecule has 130 valence electrons. The van der Waals surface area contributed by atoms with E-state index in [1.54, 1.807) is 0 Å². The van der Waals surface area contributed by atoms with E-state index in [9.17, 15) is 8.78 Å². The lowest BCUT2D eigenvalue weighted by molar-refractivity contribution is -0.184. The molecule has 0 aromatic heterocycles. The number of rotatable bonds is 2. The first kappa shape index (κ1) is 16.2. The molecule has 1 atom stereocenters. The van der Waals surface area contributed by atoms with Gasteiger partial charge >= 0.3 is 0 Å². The average molecular weight is 334 g/mol. The van der Waals surface area contributed by atoms with Crippen molar-refractivity contribution in [2.75, 3.05) is 13.2 Å². The maximum absolute atomic E-state index is 13.4. The maximum atomic E-state index is 13.4. The summed E-state index contributed by atoms with van der Waals surface area (Å²) < 4.78 is 38.4. The van der Waals surface area contributed by atoms with Crippen molar-refractivity contribution in [2.45, 2.75) is 50.7 Å². The van der Waals surface area contributed by atoms with Crippen molar-refractivity contribution in [3.63, 3.8) is 0 Å². The van der Waals surface area contributed by atoms with Gasteiger partial charge in [0.05, 0.1) is 13.2 Å². The Morgan fingerprint density at radius 1 is 0.875 bits per heavy atom. The summed E-state index contributed by atoms with van der Waals surface area (Å²) in [4.78, 5) is 0. The highest BCUT2D eigenvalue weighted by Crippen LogP contribution is 2.44. The first-order valence-corrected chi connectivity index (χ1v) is 9.07. The monoisotopic (exact) mass is 334 g/mol. The fraction of sp³-hybridized carbons (Fsp3) is 0.600. The molecule has 3 aliphatic rings. The van der Waals surface area contributed by atoms with Crippen LogP contribution in [0, 0.1) is 23.5 Å². The Kier molecular flexibility index (Phi) is 4.44. The number of ether oxygens (including phenoxy) is 2. The maximum Gasteiger partial charge on any atom is 0.168 e. The van der Waals surface area contributed by atoms with E-state index >= 15 is 0 Å². The highest BCUT2D eigenvalue weighted by molar-refractivity contribution is 5.66. The Bertz CT molecular complexity index is 604. The van der Waals surface area contributed by atoms with Crippen LogP contribution in [0.25, 0.3) is 5.57 Å². The van der Waals surface area contributed by atoms with E-state index in [-0.39, 0.29) is 5.79 Å². The lowest BCUT2D eigenvalue weighted by Crippen LogP contribution is -2.37. The van der Waals surface area contributed by atoms with E-state index in [4.69, 9.17) is 9.47 Å². The molecule has 0 N–H and O–H groups in total. The molecular formula is C20H24F2O2. The summed E-state index contributed by atoms with van der Waals surface area (Å²) in [6.45, 7) is 1.45. The van der Waals surface area contributed by atoms with Crippen LogP contribution in [-0.2, 0) is 9.47 Å². The smallest absolute Gasteiger partial charge is 0.168 e. The SMILES string of the molecule is Fc1cc(F)cc(C2=CCC(C3CCC4(CC3)OCCO4)CC2)c1. The van der Waals surface area contributed by atoms with E-state index in [0.29, 0.717) is 17.4 Å². The fourth-order valence-corrected chi connectivity index (χ4v) is 4.62. The Morgan fingerprint density at radius 2 is 1.54 bits per heavy atom. The van der Waals surface area contributed by atoms with Gasteiger partial charge in [-0.15, -0.1) is 0 Å². The molecule has 1 aromatic rings. The van der Waals surface area contributed by atoms with E-state index in [1.165, 1.54) is 12.1 Å². The summed E-state index contributed by atoms with van der Waals surface area (Å²) in [5, 5.41) is 0. The Balaban J connectivity index is 1.38. The zero-order valence-corrected chi connectivity index (χ0v) is 13.9. The van der Waals surface area contributed by atoms with Crippen LogP contribution >= 0.6 is 0 Å². The second-order valence-corrected chi connectivity index (χ2v) is 7.37. The molecule has 4 heteroatoms. The zero-order chi connectivity index (χ0) is 16.6. The summed E-state index contributed by atoms with van der Waals surface area (Å²) in [7, 11) is 0. The van der Waals surface area contributed by atoms with Crippen LogP contribution in [0.2, 0.25) is 0 Å². The van der Waals surface area contributed by atoms with E-state index in [0.717, 1.165) is 69.8 Å². The van der Waals surface area contributed by atoms with Crippen LogP contribution in [0.3, 0.4) is 0 Å². The third kappa shape index (κ3) is 3.27. The highest BCUT2D eigenvalue weighted by Gasteiger charge is 2.41. The van der Waals surface area contributed by atoms with E-state index in [2.05, 4.69) is 6.08 Å². The highest BCUT2D eigenvalue weighted by atomic mass is 19.1. The Morgan fingerprint density at radius 3 is 2.12 bits per heavy atom. The molecule has 0 amide bonds. The van der Waals surface area contributed by atoms with Crippen molar-refractivity contribution >= 4 is 5.57 Å². The predicted molar refractivity (Wildman–Crippen MR) is 88.3 cm³/mol. The number of halogens is 2. The van der Waals surface area contributed by atoms with Crippen molar-refractivity contribution in [1.29, 1.82) is 0 Å². The van der Waals surface area contributed by atoms with Crippen molar-refractivity contribution in [3.8, 4) is 0 Å². The van der Waals surface area contributed by atoms with Gasteiger partial charge in [0.2, 0.25) is 0 Å². The average Bonchev–Trinajstić information content (AvgIpc) is 3.03. The van der Waals surface area contributed by atoms with Crippen LogP contribution < -0.4 is 0 Å². The van der Waals surface area contributed by atoms with Gasteiger partial charge in [-0.3, -0.25) is 0 Å². The van der Waals surface area contributed by atoms with Crippen molar-refractivity contribution in [1.82, 2.24) is 0 Å². The molecule has 2 aliphatic carbocycles. The van der Waals surface area contributed by atoms with Gasteiger partial charge in [-0.05, 0) is 67.2 Å². The third-order valence-electron chi connectivity index (χ3n) is 5.96. The molecular weight excluding hydrogens is 310 g/mol. The summed E-state index contributed by atoms with van der Waals surface area (Å²) in [5.41, 5.74) is 1.78. The number of allylic oxidation sites excluding steroid dienone is 2. The Hall–Kier alpha value is -1.26. The van der Waals surface area contributed by atoms with E-state index < -0.39 is 11.6 Å². The molecule has 1 saturated carbocycles. The number of hydrogen-bond donors (Lipinski definition) is 0. The van der Waals surface area contributed by atoms with Crippen LogP contribution in [0.1, 0.15) is 50.5 Å². The lowest BCUT2D eigenvalue weighted by atomic mass is 9.72. The van der Waals surface area contributed by atoms with E-state index in [1.807, 2.05) is 0 Å². The van der Waals surface area contributed by atoms with Gasteiger partial charge in [0, 0.05) is 18.9 Å². The third-order valence-corrected chi connectivity index (χ3v) is 5.96. The minimum absolute atomic E-state index is 0.286. The quantitative estimate of drug-likeness (QED) is 0.751. The van der Waals surface area contributed by atoms with Gasteiger partial charge in [-0.25, -0.2) is 8.78 Å². The molecule has 2 nitrogen and oxygen atoms in total. The lowest BCUT2D eigenvalue weighted by Gasteiger charge is -2.39. The first-order chi connectivity index (χ1) is 11.6. The molecule has 4 rings (SSSR count). The van der Waals surface area contributed by atoms with Gasteiger partial charge in [-0.1, -0.05) is 6.08 Å². The molecule has 1 saturated heterocycles. The normalized spacial score (nSPS) is 27.4. The fourth-order valence-electron chi connectivity index (χ4n) is 4.62. The van der Waals surface area contributed by atoms with Crippen LogP contribution in [0.5, 0.6) is 0 Å². The second-order valence-electron chi connectivity index (χ2n) is 7.37. The standard InChI is InChI=1S/C20H24F2O2/c21-18-11-17(12-19(22)13-18)15-3-1-14(2-4-15)16-5-7-20(8-6-16)23-9-10-24-20/h3,11-14,16H,1-2,4-10H2. The van der Waals surface area contributed by atoms with Gasteiger partial charge < -0.3 is 9.47 Å². The molecule has 0 bridgehead atoms. The van der Waals surface area contributed by atoms with Gasteiger partial charge in [0.25, 0.3) is 0 Å². The van der Waals surface area contributed by atoms with Gasteiger partial charge in [0.15, 0.2) is 5.79 Å². The molecule has 2 fully saturated rings. The van der Waals surface area contributed by atoms with Gasteiger partial charge in [-0.2, -0.15) is 0 Å². The minimum Gasteiger partial charge on any atom is -0.348 e. The van der Waals surface area contributed by atoms with Gasteiger partial charge in [0.1, 0.15) is 11.6 Å². The number of hydrogen-bond acceptors (Lipinski definition) is 2. The van der Waals surface area contributed by atoms with Crippen molar-refractivity contribution in [3.05, 3.63) is 41.5 Å². The minimum atomic E-state index is -0.498. The van der Waals surface area contributed by atoms with Crippen LogP contribution in [0.15, 0.2) is 24.3 Å². The van der Waals surface area contributed by atoms with Crippen LogP contribution in [0.4, 0.5) is 8.78 Å². The summed E-state index contributed by atoms with van der Waals surface area (Å²) in [6, 6.07) is 3.81. The summed E-state index contributed by atoms with van der Waals surface area (Å²) in [6.07, 6.45) is 9.51. The molecule has 1 aliphatic heterocycles. The predicted octanol–water partition coefficient (Wildman–Crippen LogP) is 5.08. The molecule has 1 heterocycles. The second kappa shape index (κ2) is 6.57. The molecule has 1 aromatic carbocycles. The van der Waals surface area contributed by atoms with Crippen molar-refractivity contribution < 1.29 is 18.3 Å². The molecule has 24 heavy (non-hydrogen) atoms. The first-order valence-electron chi connectivity index (χ1n) is 9.07. The largest absolute Gasteiger partial charge is 0.348 e. The van der Waals surface area contributed by atoms with Crippen LogP contribution in [-0.4, -0.2) is 19.0 Å². The molecule has 0 radical (unpaired) electrons. The number of benzene rings is 1. The zero-order valence-electron chi connectivity index (χ0n) is 13.9.